The number of hydrogen-bond acceptors (Lipinski definition) is 3. The van der Waals surface area contributed by atoms with Gasteiger partial charge in [-0.3, -0.25) is 4.90 Å². The van der Waals surface area contributed by atoms with Gasteiger partial charge in [0.1, 0.15) is 17.7 Å². The Morgan fingerprint density at radius 2 is 1.96 bits per heavy atom. The van der Waals surface area contributed by atoms with Crippen LogP contribution < -0.4 is 0 Å². The van der Waals surface area contributed by atoms with Gasteiger partial charge in [0.25, 0.3) is 0 Å². The van der Waals surface area contributed by atoms with Crippen molar-refractivity contribution in [3.8, 4) is 6.07 Å². The number of fused-ring (bicyclic) bond motifs is 1. The highest BCUT2D eigenvalue weighted by Gasteiger charge is 2.24. The standard InChI is InChI=1S/C20H19FN4/c21-19-15(12-22)4-3-5-16(19)13-25-10-8-14(9-11-25)20-23-17-6-1-2-7-18(17)24-20/h1-7,14H,8-11,13H2,(H,23,24). The number of rotatable bonds is 3. The molecule has 0 bridgehead atoms. The van der Waals surface area contributed by atoms with E-state index in [9.17, 15) is 4.39 Å². The van der Waals surface area contributed by atoms with Gasteiger partial charge in [0.2, 0.25) is 0 Å². The van der Waals surface area contributed by atoms with Gasteiger partial charge in [-0.25, -0.2) is 9.37 Å². The molecule has 1 N–H and O–H groups in total. The Morgan fingerprint density at radius 3 is 2.72 bits per heavy atom. The summed E-state index contributed by atoms with van der Waals surface area (Å²) in [7, 11) is 0. The fraction of sp³-hybridized carbons (Fsp3) is 0.300. The number of benzene rings is 2. The summed E-state index contributed by atoms with van der Waals surface area (Å²) in [6.45, 7) is 2.35. The Hall–Kier alpha value is -2.71. The second-order valence-corrected chi connectivity index (χ2v) is 6.58. The lowest BCUT2D eigenvalue weighted by Crippen LogP contribution is -2.33. The topological polar surface area (TPSA) is 55.7 Å². The van der Waals surface area contributed by atoms with Gasteiger partial charge < -0.3 is 4.98 Å². The normalized spacial score (nSPS) is 16.2. The number of H-pyrrole nitrogens is 1. The van der Waals surface area contributed by atoms with Crippen LogP contribution in [-0.4, -0.2) is 28.0 Å². The largest absolute Gasteiger partial charge is 0.342 e. The Labute approximate surface area is 145 Å². The number of nitriles is 1. The number of imidazole rings is 1. The molecule has 126 valence electrons. The minimum atomic E-state index is -0.385. The molecule has 1 aliphatic rings. The third-order valence-electron chi connectivity index (χ3n) is 4.98. The van der Waals surface area contributed by atoms with Gasteiger partial charge in [-0.1, -0.05) is 24.3 Å². The molecule has 1 fully saturated rings. The Kier molecular flexibility index (Phi) is 4.21. The fourth-order valence-electron chi connectivity index (χ4n) is 3.56. The van der Waals surface area contributed by atoms with E-state index in [1.54, 1.807) is 12.1 Å². The molecular formula is C20H19FN4. The van der Waals surface area contributed by atoms with E-state index in [-0.39, 0.29) is 11.4 Å². The van der Waals surface area contributed by atoms with Crippen LogP contribution in [0.2, 0.25) is 0 Å². The number of para-hydroxylation sites is 2. The zero-order valence-corrected chi connectivity index (χ0v) is 13.9. The number of aromatic nitrogens is 2. The molecule has 25 heavy (non-hydrogen) atoms. The molecule has 0 radical (unpaired) electrons. The van der Waals surface area contributed by atoms with Crippen LogP contribution in [0.15, 0.2) is 42.5 Å². The molecule has 2 aromatic carbocycles. The first-order valence-electron chi connectivity index (χ1n) is 8.59. The SMILES string of the molecule is N#Cc1cccc(CN2CCC(c3nc4ccccc4[nH]3)CC2)c1F. The molecule has 5 heteroatoms. The fourth-order valence-corrected chi connectivity index (χ4v) is 3.56. The number of hydrogen-bond donors (Lipinski definition) is 1. The summed E-state index contributed by atoms with van der Waals surface area (Å²) in [5.74, 6) is 1.09. The maximum atomic E-state index is 14.2. The highest BCUT2D eigenvalue weighted by atomic mass is 19.1. The highest BCUT2D eigenvalue weighted by Crippen LogP contribution is 2.28. The lowest BCUT2D eigenvalue weighted by molar-refractivity contribution is 0.200. The molecule has 0 atom stereocenters. The van der Waals surface area contributed by atoms with Crippen LogP contribution in [0.4, 0.5) is 4.39 Å². The predicted molar refractivity (Wildman–Crippen MR) is 94.5 cm³/mol. The van der Waals surface area contributed by atoms with Crippen molar-refractivity contribution >= 4 is 11.0 Å². The van der Waals surface area contributed by atoms with Gasteiger partial charge in [-0.05, 0) is 44.1 Å². The second-order valence-electron chi connectivity index (χ2n) is 6.58. The van der Waals surface area contributed by atoms with Gasteiger partial charge >= 0.3 is 0 Å². The summed E-state index contributed by atoms with van der Waals surface area (Å²) in [5, 5.41) is 8.96. The van der Waals surface area contributed by atoms with E-state index in [0.717, 1.165) is 42.8 Å². The maximum absolute atomic E-state index is 14.2. The van der Waals surface area contributed by atoms with Crippen LogP contribution in [0.25, 0.3) is 11.0 Å². The van der Waals surface area contributed by atoms with Crippen LogP contribution in [0, 0.1) is 17.1 Å². The van der Waals surface area contributed by atoms with E-state index >= 15 is 0 Å². The smallest absolute Gasteiger partial charge is 0.145 e. The first kappa shape index (κ1) is 15.8. The average molecular weight is 334 g/mol. The van der Waals surface area contributed by atoms with Gasteiger partial charge in [-0.15, -0.1) is 0 Å². The summed E-state index contributed by atoms with van der Waals surface area (Å²) >= 11 is 0. The number of likely N-dealkylation sites (tertiary alicyclic amines) is 1. The minimum Gasteiger partial charge on any atom is -0.342 e. The molecule has 3 aromatic rings. The van der Waals surface area contributed by atoms with Crippen molar-refractivity contribution in [3.05, 3.63) is 65.2 Å². The van der Waals surface area contributed by atoms with Crippen LogP contribution in [0.5, 0.6) is 0 Å². The number of nitrogens with zero attached hydrogens (tertiary/aromatic N) is 3. The summed E-state index contributed by atoms with van der Waals surface area (Å²) in [6.07, 6.45) is 2.00. The van der Waals surface area contributed by atoms with Crippen molar-refractivity contribution in [3.63, 3.8) is 0 Å². The van der Waals surface area contributed by atoms with E-state index < -0.39 is 0 Å². The number of piperidine rings is 1. The number of halogens is 1. The summed E-state index contributed by atoms with van der Waals surface area (Å²) < 4.78 is 14.2. The lowest BCUT2D eigenvalue weighted by atomic mass is 9.95. The Balaban J connectivity index is 1.42. The van der Waals surface area contributed by atoms with Gasteiger partial charge in [0, 0.05) is 18.0 Å². The van der Waals surface area contributed by atoms with Crippen molar-refractivity contribution < 1.29 is 4.39 Å². The van der Waals surface area contributed by atoms with Crippen LogP contribution in [-0.2, 0) is 6.54 Å². The molecule has 1 aliphatic heterocycles. The van der Waals surface area contributed by atoms with Crippen LogP contribution >= 0.6 is 0 Å². The van der Waals surface area contributed by atoms with Crippen molar-refractivity contribution in [2.75, 3.05) is 13.1 Å². The van der Waals surface area contributed by atoms with Gasteiger partial charge in [-0.2, -0.15) is 5.26 Å². The maximum Gasteiger partial charge on any atom is 0.145 e. The monoisotopic (exact) mass is 334 g/mol. The molecule has 0 aliphatic carbocycles. The van der Waals surface area contributed by atoms with Crippen LogP contribution in [0.1, 0.15) is 35.7 Å². The van der Waals surface area contributed by atoms with Crippen molar-refractivity contribution in [2.24, 2.45) is 0 Å². The Bertz CT molecular complexity index is 899. The zero-order valence-electron chi connectivity index (χ0n) is 13.9. The van der Waals surface area contributed by atoms with Crippen molar-refractivity contribution in [1.29, 1.82) is 5.26 Å². The van der Waals surface area contributed by atoms with E-state index in [4.69, 9.17) is 10.2 Å². The van der Waals surface area contributed by atoms with Crippen LogP contribution in [0.3, 0.4) is 0 Å². The predicted octanol–water partition coefficient (Wildman–Crippen LogP) is 3.95. The molecule has 1 saturated heterocycles. The summed E-state index contributed by atoms with van der Waals surface area (Å²) in [4.78, 5) is 10.4. The third kappa shape index (κ3) is 3.13. The quantitative estimate of drug-likeness (QED) is 0.789. The highest BCUT2D eigenvalue weighted by molar-refractivity contribution is 5.74. The van der Waals surface area contributed by atoms with Crippen molar-refractivity contribution in [1.82, 2.24) is 14.9 Å². The van der Waals surface area contributed by atoms with Gasteiger partial charge in [0.05, 0.1) is 16.6 Å². The summed E-state index contributed by atoms with van der Waals surface area (Å²) in [5.41, 5.74) is 2.81. The average Bonchev–Trinajstić information content (AvgIpc) is 3.08. The van der Waals surface area contributed by atoms with E-state index in [2.05, 4.69) is 9.88 Å². The number of aromatic amines is 1. The molecule has 4 nitrogen and oxygen atoms in total. The zero-order chi connectivity index (χ0) is 17.2. The molecule has 0 unspecified atom stereocenters. The molecule has 2 heterocycles. The molecule has 4 rings (SSSR count). The third-order valence-corrected chi connectivity index (χ3v) is 4.98. The van der Waals surface area contributed by atoms with Gasteiger partial charge in [0.15, 0.2) is 0 Å². The second kappa shape index (κ2) is 6.66. The first-order valence-corrected chi connectivity index (χ1v) is 8.59. The summed E-state index contributed by atoms with van der Waals surface area (Å²) in [6, 6.07) is 15.0. The molecule has 0 spiro atoms. The van der Waals surface area contributed by atoms with E-state index in [1.165, 1.54) is 6.07 Å². The molecule has 0 saturated carbocycles. The first-order chi connectivity index (χ1) is 12.2. The van der Waals surface area contributed by atoms with E-state index in [1.807, 2.05) is 30.3 Å². The van der Waals surface area contributed by atoms with Crippen molar-refractivity contribution in [2.45, 2.75) is 25.3 Å². The van der Waals surface area contributed by atoms with E-state index in [0.29, 0.717) is 18.0 Å². The minimum absolute atomic E-state index is 0.120. The molecule has 0 amide bonds. The number of nitrogens with one attached hydrogen (secondary N) is 1. The molecule has 1 aromatic heterocycles. The Morgan fingerprint density at radius 1 is 1.16 bits per heavy atom. The lowest BCUT2D eigenvalue weighted by Gasteiger charge is -2.31. The molecular weight excluding hydrogens is 315 g/mol.